The van der Waals surface area contributed by atoms with Gasteiger partial charge in [-0.2, -0.15) is 0 Å². The summed E-state index contributed by atoms with van der Waals surface area (Å²) in [6.07, 6.45) is 6.16. The molecule has 5 aromatic rings. The lowest BCUT2D eigenvalue weighted by Gasteiger charge is -2.22. The molecule has 5 amide bonds. The van der Waals surface area contributed by atoms with Gasteiger partial charge in [0.25, 0.3) is 11.8 Å². The van der Waals surface area contributed by atoms with Gasteiger partial charge in [-0.25, -0.2) is 0 Å². The minimum atomic E-state index is -0.954. The summed E-state index contributed by atoms with van der Waals surface area (Å²) in [6.45, 7) is 3.91. The van der Waals surface area contributed by atoms with E-state index in [1.165, 1.54) is 14.2 Å². The fourth-order valence-electron chi connectivity index (χ4n) is 8.83. The summed E-state index contributed by atoms with van der Waals surface area (Å²) >= 11 is 0. The van der Waals surface area contributed by atoms with Gasteiger partial charge < -0.3 is 45.1 Å². The number of amides is 5. The molecule has 0 aromatic heterocycles. The molecule has 0 saturated carbocycles. The predicted octanol–water partition coefficient (Wildman–Crippen LogP) is 7.53. The van der Waals surface area contributed by atoms with Crippen molar-refractivity contribution in [1.29, 1.82) is 0 Å². The molecule has 358 valence electrons. The molecule has 0 saturated heterocycles. The second kappa shape index (κ2) is 21.4. The van der Waals surface area contributed by atoms with E-state index in [1.54, 1.807) is 66.4 Å². The number of fused-ring (bicyclic) bond motifs is 5. The van der Waals surface area contributed by atoms with Gasteiger partial charge in [0.2, 0.25) is 17.7 Å². The van der Waals surface area contributed by atoms with E-state index in [-0.39, 0.29) is 43.5 Å². The van der Waals surface area contributed by atoms with Crippen molar-refractivity contribution in [2.24, 2.45) is 4.99 Å². The lowest BCUT2D eigenvalue weighted by atomic mass is 10.1. The van der Waals surface area contributed by atoms with E-state index >= 15 is 0 Å². The first-order valence-corrected chi connectivity index (χ1v) is 23.2. The third-order valence-electron chi connectivity index (χ3n) is 12.4. The molecule has 16 nitrogen and oxygen atoms in total. The zero-order valence-electron chi connectivity index (χ0n) is 39.5. The molecule has 0 aliphatic carbocycles. The van der Waals surface area contributed by atoms with Crippen molar-refractivity contribution in [2.75, 3.05) is 54.8 Å². The number of hydrogen-bond donors (Lipinski definition) is 4. The quantitative estimate of drug-likeness (QED) is 0.0603. The molecule has 5 aromatic carbocycles. The second-order valence-electron chi connectivity index (χ2n) is 17.1. The Morgan fingerprint density at radius 1 is 0.797 bits per heavy atom. The number of aliphatic imine (C=N–C) groups is 1. The van der Waals surface area contributed by atoms with Gasteiger partial charge in [0, 0.05) is 61.8 Å². The van der Waals surface area contributed by atoms with Gasteiger partial charge in [-0.05, 0) is 84.5 Å². The maximum Gasteiger partial charge on any atom is 0.261 e. The van der Waals surface area contributed by atoms with E-state index in [4.69, 9.17) is 23.9 Å². The molecule has 16 heteroatoms. The summed E-state index contributed by atoms with van der Waals surface area (Å²) < 4.78 is 24.3. The zero-order chi connectivity index (χ0) is 48.6. The molecular formula is C53H57N7O9. The van der Waals surface area contributed by atoms with Gasteiger partial charge in [-0.3, -0.25) is 33.9 Å². The van der Waals surface area contributed by atoms with Crippen LogP contribution < -0.4 is 50.0 Å². The average Bonchev–Trinajstić information content (AvgIpc) is 3.94. The number of benzene rings is 5. The lowest BCUT2D eigenvalue weighted by Crippen LogP contribution is -2.45. The van der Waals surface area contributed by atoms with Crippen LogP contribution in [0.3, 0.4) is 0 Å². The maximum absolute atomic E-state index is 14.0. The molecule has 3 aliphatic rings. The smallest absolute Gasteiger partial charge is 0.261 e. The summed E-state index contributed by atoms with van der Waals surface area (Å²) in [4.78, 5) is 74.8. The molecular weight excluding hydrogens is 879 g/mol. The minimum Gasteiger partial charge on any atom is -0.493 e. The van der Waals surface area contributed by atoms with Crippen LogP contribution in [0.1, 0.15) is 82.5 Å². The first-order chi connectivity index (χ1) is 33.5. The highest BCUT2D eigenvalue weighted by molar-refractivity contribution is 6.15. The van der Waals surface area contributed by atoms with E-state index in [9.17, 15) is 24.0 Å². The normalized spacial score (nSPS) is 14.6. The summed E-state index contributed by atoms with van der Waals surface area (Å²) in [5.74, 6) is -0.185. The van der Waals surface area contributed by atoms with E-state index in [1.807, 2.05) is 61.5 Å². The molecule has 1 unspecified atom stereocenters. The monoisotopic (exact) mass is 935 g/mol. The molecule has 2 atom stereocenters. The van der Waals surface area contributed by atoms with Crippen molar-refractivity contribution in [1.82, 2.24) is 10.6 Å². The molecule has 0 bridgehead atoms. The van der Waals surface area contributed by atoms with Gasteiger partial charge in [0.1, 0.15) is 19.3 Å². The Balaban J connectivity index is 1.02. The highest BCUT2D eigenvalue weighted by atomic mass is 16.5. The maximum atomic E-state index is 14.0. The van der Waals surface area contributed by atoms with Gasteiger partial charge in [-0.15, -0.1) is 0 Å². The number of unbranched alkanes of at least 4 members (excludes halogenated alkanes) is 2. The van der Waals surface area contributed by atoms with Crippen LogP contribution >= 0.6 is 0 Å². The number of nitrogens with one attached hydrogen (secondary N) is 4. The zero-order valence-corrected chi connectivity index (χ0v) is 39.5. The molecule has 3 aliphatic heterocycles. The van der Waals surface area contributed by atoms with Crippen molar-refractivity contribution < 1.29 is 42.9 Å². The summed E-state index contributed by atoms with van der Waals surface area (Å²) in [7, 11) is 4.74. The van der Waals surface area contributed by atoms with Gasteiger partial charge in [-0.1, -0.05) is 56.2 Å². The van der Waals surface area contributed by atoms with Crippen LogP contribution in [0.25, 0.3) is 0 Å². The standard InChI is InChI=1S/C53H57N7O9/c1-6-7-8-17-49(61)56-29-50(62)57-32(2)51(63)58-37-21-33(30-68-47-26-41(54-3)39(24-45(47)66-4)52(64)59-19-18-35-13-9-11-15-43(35)59)20-34(22-37)31-69-48-27-42-40(25-46(48)67-5)53(65)60-38(28-55-42)23-36-14-10-12-16-44(36)60/h9-16,20-22,24-28,32,38,54H,6-8,17-19,23,29-31H2,1-5H3,(H,56,61)(H,57,62)(H,58,63)/t32-,38?/m0/s1. The van der Waals surface area contributed by atoms with E-state index in [0.29, 0.717) is 81.7 Å². The second-order valence-corrected chi connectivity index (χ2v) is 17.1. The fraction of sp³-hybridized carbons (Fsp3) is 0.321. The Kier molecular flexibility index (Phi) is 14.8. The van der Waals surface area contributed by atoms with Crippen molar-refractivity contribution in [3.05, 3.63) is 124 Å². The van der Waals surface area contributed by atoms with E-state index in [0.717, 1.165) is 48.2 Å². The topological polar surface area (TPSA) is 189 Å². The highest BCUT2D eigenvalue weighted by Gasteiger charge is 2.36. The number of carbonyl (C=O) groups excluding carboxylic acids is 5. The van der Waals surface area contributed by atoms with Crippen molar-refractivity contribution in [3.8, 4) is 23.0 Å². The molecule has 3 heterocycles. The average molecular weight is 936 g/mol. The first kappa shape index (κ1) is 47.6. The number of carbonyl (C=O) groups is 5. The minimum absolute atomic E-state index is 0.000449. The van der Waals surface area contributed by atoms with Crippen LogP contribution in [0.4, 0.5) is 28.4 Å². The molecule has 0 spiro atoms. The largest absolute Gasteiger partial charge is 0.493 e. The number of para-hydroxylation sites is 2. The number of anilines is 4. The van der Waals surface area contributed by atoms with Gasteiger partial charge in [0.15, 0.2) is 23.0 Å². The molecule has 4 N–H and O–H groups in total. The molecule has 0 radical (unpaired) electrons. The SMILES string of the molecule is CCCCCC(=O)NCC(=O)N[C@@H](C)C(=O)Nc1cc(COc2cc3c(cc2OC)C(=O)N2c4ccccc4CC2C=N3)cc(COc2cc(NC)c(C(=O)N3CCc4ccccc43)cc2OC)c1. The van der Waals surface area contributed by atoms with Crippen LogP contribution in [-0.2, 0) is 40.4 Å². The third-order valence-corrected chi connectivity index (χ3v) is 12.4. The molecule has 0 fully saturated rings. The Hall–Kier alpha value is -7.88. The molecule has 69 heavy (non-hydrogen) atoms. The number of rotatable bonds is 19. The summed E-state index contributed by atoms with van der Waals surface area (Å²) in [5, 5.41) is 11.3. The van der Waals surface area contributed by atoms with Crippen LogP contribution in [0.2, 0.25) is 0 Å². The van der Waals surface area contributed by atoms with Crippen LogP contribution in [-0.4, -0.2) is 82.2 Å². The molecule has 8 rings (SSSR count). The number of hydrogen-bond acceptors (Lipinski definition) is 11. The van der Waals surface area contributed by atoms with Crippen LogP contribution in [0.5, 0.6) is 23.0 Å². The highest BCUT2D eigenvalue weighted by Crippen LogP contribution is 2.42. The summed E-state index contributed by atoms with van der Waals surface area (Å²) in [6, 6.07) is 26.6. The van der Waals surface area contributed by atoms with Crippen molar-refractivity contribution in [3.63, 3.8) is 0 Å². The van der Waals surface area contributed by atoms with Crippen LogP contribution in [0, 0.1) is 0 Å². The van der Waals surface area contributed by atoms with Crippen molar-refractivity contribution >= 4 is 64.2 Å². The van der Waals surface area contributed by atoms with Gasteiger partial charge >= 0.3 is 0 Å². The summed E-state index contributed by atoms with van der Waals surface area (Å²) in [5.41, 5.74) is 7.39. The van der Waals surface area contributed by atoms with Crippen molar-refractivity contribution in [2.45, 2.75) is 77.7 Å². The fourth-order valence-corrected chi connectivity index (χ4v) is 8.83. The van der Waals surface area contributed by atoms with E-state index < -0.39 is 17.9 Å². The Labute approximate surface area is 401 Å². The Bertz CT molecular complexity index is 2810. The van der Waals surface area contributed by atoms with E-state index in [2.05, 4.69) is 21.3 Å². The number of methoxy groups -OCH3 is 2. The van der Waals surface area contributed by atoms with Crippen LogP contribution in [0.15, 0.2) is 96.0 Å². The number of ether oxygens (including phenoxy) is 4. The third kappa shape index (κ3) is 10.6. The van der Waals surface area contributed by atoms with Gasteiger partial charge in [0.05, 0.1) is 49.3 Å². The Morgan fingerprint density at radius 3 is 2.19 bits per heavy atom. The lowest BCUT2D eigenvalue weighted by molar-refractivity contribution is -0.128. The first-order valence-electron chi connectivity index (χ1n) is 23.2. The number of nitrogens with zero attached hydrogens (tertiary/aromatic N) is 3. The predicted molar refractivity (Wildman–Crippen MR) is 265 cm³/mol. The Morgan fingerprint density at radius 2 is 1.48 bits per heavy atom.